The molecule has 22 heavy (non-hydrogen) atoms. The molecule has 0 unspecified atom stereocenters. The predicted molar refractivity (Wildman–Crippen MR) is 99.9 cm³/mol. The van der Waals surface area contributed by atoms with Gasteiger partial charge in [0.25, 0.3) is 0 Å². The lowest BCUT2D eigenvalue weighted by atomic mass is 9.90. The molecule has 1 aliphatic carbocycles. The fraction of sp³-hybridized carbons (Fsp3) is 0.429. The third-order valence-electron chi connectivity index (χ3n) is 3.02. The molecular weight excluding hydrogens is 271 g/mol. The number of benzene rings is 1. The molecule has 124 valence electrons. The molecule has 1 aromatic rings. The van der Waals surface area contributed by atoms with Crippen molar-refractivity contribution in [2.45, 2.75) is 61.3 Å². The number of hydrogen-bond acceptors (Lipinski definition) is 0. The van der Waals surface area contributed by atoms with Gasteiger partial charge >= 0.3 is 0 Å². The summed E-state index contributed by atoms with van der Waals surface area (Å²) < 4.78 is 12.7. The van der Waals surface area contributed by atoms with E-state index in [1.807, 2.05) is 52.8 Å². The Morgan fingerprint density at radius 1 is 1.00 bits per heavy atom. The molecule has 1 aliphatic rings. The highest BCUT2D eigenvalue weighted by atomic mass is 19.1. The van der Waals surface area contributed by atoms with E-state index < -0.39 is 0 Å². The summed E-state index contributed by atoms with van der Waals surface area (Å²) in [5, 5.41) is 0. The van der Waals surface area contributed by atoms with Crippen LogP contribution in [-0.4, -0.2) is 0 Å². The molecule has 0 heterocycles. The number of allylic oxidation sites excluding steroid dienone is 4. The van der Waals surface area contributed by atoms with Crippen LogP contribution in [-0.2, 0) is 6.42 Å². The van der Waals surface area contributed by atoms with Crippen molar-refractivity contribution >= 4 is 0 Å². The first-order chi connectivity index (χ1) is 10.5. The van der Waals surface area contributed by atoms with Gasteiger partial charge in [0.1, 0.15) is 5.82 Å². The molecule has 0 saturated carbocycles. The number of hydrogen-bond donors (Lipinski definition) is 0. The molecule has 0 fully saturated rings. The molecule has 1 heteroatoms. The predicted octanol–water partition coefficient (Wildman–Crippen LogP) is 7.20. The fourth-order valence-electron chi connectivity index (χ4n) is 1.76. The van der Waals surface area contributed by atoms with Crippen LogP contribution in [0.25, 0.3) is 0 Å². The highest BCUT2D eigenvalue weighted by Crippen LogP contribution is 2.27. The molecule has 0 radical (unpaired) electrons. The summed E-state index contributed by atoms with van der Waals surface area (Å²) >= 11 is 0. The van der Waals surface area contributed by atoms with Gasteiger partial charge in [-0.1, -0.05) is 72.4 Å². The maximum atomic E-state index is 12.7. The third kappa shape index (κ3) is 7.97. The molecular formula is C21H33F. The number of aryl methyl sites for hydroxylation is 2. The van der Waals surface area contributed by atoms with Gasteiger partial charge in [-0.2, -0.15) is 0 Å². The molecule has 0 atom stereocenters. The smallest absolute Gasteiger partial charge is 0.126 e. The quantitative estimate of drug-likeness (QED) is 0.542. The summed E-state index contributed by atoms with van der Waals surface area (Å²) in [5.74, 6) is -0.107. The summed E-state index contributed by atoms with van der Waals surface area (Å²) in [6.45, 7) is 21.4. The van der Waals surface area contributed by atoms with Crippen molar-refractivity contribution in [1.29, 1.82) is 0 Å². The van der Waals surface area contributed by atoms with E-state index in [9.17, 15) is 4.39 Å². The van der Waals surface area contributed by atoms with Crippen LogP contribution in [0.3, 0.4) is 0 Å². The largest absolute Gasteiger partial charge is 0.207 e. The van der Waals surface area contributed by atoms with E-state index in [-0.39, 0.29) is 5.82 Å². The van der Waals surface area contributed by atoms with Gasteiger partial charge in [-0.05, 0) is 54.2 Å². The Morgan fingerprint density at radius 2 is 1.55 bits per heavy atom. The van der Waals surface area contributed by atoms with Gasteiger partial charge < -0.3 is 0 Å². The first-order valence-corrected chi connectivity index (χ1v) is 8.27. The zero-order valence-corrected chi connectivity index (χ0v) is 15.5. The van der Waals surface area contributed by atoms with E-state index in [1.54, 1.807) is 13.0 Å². The van der Waals surface area contributed by atoms with E-state index in [0.29, 0.717) is 0 Å². The Kier molecular flexibility index (Phi) is 13.4. The molecule has 0 bridgehead atoms. The van der Waals surface area contributed by atoms with Crippen molar-refractivity contribution in [3.05, 3.63) is 71.1 Å². The zero-order valence-electron chi connectivity index (χ0n) is 15.5. The van der Waals surface area contributed by atoms with E-state index >= 15 is 0 Å². The standard InChI is InChI=1S/C10H13F.C7H8.2C2H6/c1-3-4-9-5-6-10(11)8(2)7-9;1-5-4-6(2)7(5)3;2*1-2/h5-7H,3-4H2,1-2H3;4H,1,3H2,2H3;2*1-2H3. The first-order valence-electron chi connectivity index (χ1n) is 8.27. The summed E-state index contributed by atoms with van der Waals surface area (Å²) in [4.78, 5) is 0. The second-order valence-electron chi connectivity index (χ2n) is 4.66. The first kappa shape index (κ1) is 22.6. The van der Waals surface area contributed by atoms with Crippen molar-refractivity contribution in [2.24, 2.45) is 0 Å². The van der Waals surface area contributed by atoms with Crippen LogP contribution < -0.4 is 0 Å². The van der Waals surface area contributed by atoms with Gasteiger partial charge in [0.2, 0.25) is 0 Å². The molecule has 2 rings (SSSR count). The number of halogens is 1. The van der Waals surface area contributed by atoms with Crippen molar-refractivity contribution in [3.8, 4) is 0 Å². The van der Waals surface area contributed by atoms with Crippen LogP contribution in [0.4, 0.5) is 4.39 Å². The van der Waals surface area contributed by atoms with Crippen molar-refractivity contribution in [1.82, 2.24) is 0 Å². The van der Waals surface area contributed by atoms with Crippen LogP contribution in [0.15, 0.2) is 54.2 Å². The average molecular weight is 304 g/mol. The molecule has 0 amide bonds. The van der Waals surface area contributed by atoms with Crippen LogP contribution in [0.2, 0.25) is 0 Å². The van der Waals surface area contributed by atoms with E-state index in [4.69, 9.17) is 0 Å². The summed E-state index contributed by atoms with van der Waals surface area (Å²) in [6, 6.07) is 5.31. The average Bonchev–Trinajstić information content (AvgIpc) is 2.56. The third-order valence-corrected chi connectivity index (χ3v) is 3.02. The van der Waals surface area contributed by atoms with Gasteiger partial charge in [-0.25, -0.2) is 4.39 Å². The minimum Gasteiger partial charge on any atom is -0.207 e. The lowest BCUT2D eigenvalue weighted by Gasteiger charge is -2.15. The second-order valence-corrected chi connectivity index (χ2v) is 4.66. The molecule has 0 saturated heterocycles. The Balaban J connectivity index is 0. The minimum atomic E-state index is -0.107. The number of rotatable bonds is 2. The van der Waals surface area contributed by atoms with Gasteiger partial charge in [0.15, 0.2) is 0 Å². The second kappa shape index (κ2) is 13.1. The highest BCUT2D eigenvalue weighted by Gasteiger charge is 2.08. The SMILES string of the molecule is C=C1C=C(C)C1=C.CC.CC.CCCc1ccc(F)c(C)c1. The summed E-state index contributed by atoms with van der Waals surface area (Å²) in [5.41, 5.74) is 5.44. The lowest BCUT2D eigenvalue weighted by molar-refractivity contribution is 0.617. The molecule has 0 N–H and O–H groups in total. The highest BCUT2D eigenvalue weighted by molar-refractivity contribution is 5.59. The van der Waals surface area contributed by atoms with Crippen molar-refractivity contribution < 1.29 is 4.39 Å². The Labute approximate surface area is 137 Å². The minimum absolute atomic E-state index is 0.107. The van der Waals surface area contributed by atoms with E-state index in [1.165, 1.54) is 11.1 Å². The van der Waals surface area contributed by atoms with Crippen LogP contribution >= 0.6 is 0 Å². The Hall–Kier alpha value is -1.63. The molecule has 1 aromatic carbocycles. The van der Waals surface area contributed by atoms with Crippen molar-refractivity contribution in [3.63, 3.8) is 0 Å². The lowest BCUT2D eigenvalue weighted by Crippen LogP contribution is -1.96. The van der Waals surface area contributed by atoms with Gasteiger partial charge in [-0.15, -0.1) is 0 Å². The summed E-state index contributed by atoms with van der Waals surface area (Å²) in [7, 11) is 0. The maximum Gasteiger partial charge on any atom is 0.126 e. The topological polar surface area (TPSA) is 0 Å². The van der Waals surface area contributed by atoms with Crippen LogP contribution in [0, 0.1) is 12.7 Å². The molecule has 0 aromatic heterocycles. The Bertz CT molecular complexity index is 493. The molecule has 0 nitrogen and oxygen atoms in total. The molecule has 0 spiro atoms. The van der Waals surface area contributed by atoms with E-state index in [0.717, 1.165) is 29.6 Å². The normalized spacial score (nSPS) is 11.5. The van der Waals surface area contributed by atoms with Crippen molar-refractivity contribution in [2.75, 3.05) is 0 Å². The monoisotopic (exact) mass is 304 g/mol. The van der Waals surface area contributed by atoms with E-state index in [2.05, 4.69) is 20.1 Å². The maximum absolute atomic E-state index is 12.7. The molecule has 0 aliphatic heterocycles. The zero-order chi connectivity index (χ0) is 17.7. The summed E-state index contributed by atoms with van der Waals surface area (Å²) in [6.07, 6.45) is 4.19. The van der Waals surface area contributed by atoms with Gasteiger partial charge in [0.05, 0.1) is 0 Å². The Morgan fingerprint density at radius 3 is 1.82 bits per heavy atom. The fourth-order valence-corrected chi connectivity index (χ4v) is 1.76. The van der Waals surface area contributed by atoms with Crippen LogP contribution in [0.5, 0.6) is 0 Å². The van der Waals surface area contributed by atoms with Gasteiger partial charge in [0, 0.05) is 0 Å². The van der Waals surface area contributed by atoms with Gasteiger partial charge in [-0.3, -0.25) is 0 Å². The van der Waals surface area contributed by atoms with Crippen LogP contribution in [0.1, 0.15) is 59.1 Å².